The summed E-state index contributed by atoms with van der Waals surface area (Å²) in [4.78, 5) is 24.8. The van der Waals surface area contributed by atoms with Crippen LogP contribution in [0, 0.1) is 10.1 Å². The van der Waals surface area contributed by atoms with E-state index in [0.29, 0.717) is 0 Å². The predicted octanol–water partition coefficient (Wildman–Crippen LogP) is 0.572. The van der Waals surface area contributed by atoms with Gasteiger partial charge in [-0.05, 0) is 16.0 Å². The SMILES string of the molecule is CNc1nc([N+](=O)[O-])ccc1NC(=O)OCCO. The predicted molar refractivity (Wildman–Crippen MR) is 62.5 cm³/mol. The molecule has 1 heterocycles. The maximum atomic E-state index is 11.2. The second-order valence-corrected chi connectivity index (χ2v) is 3.06. The third kappa shape index (κ3) is 3.56. The maximum Gasteiger partial charge on any atom is 0.411 e. The largest absolute Gasteiger partial charge is 0.447 e. The topological polar surface area (TPSA) is 127 Å². The van der Waals surface area contributed by atoms with Crippen LogP contribution in [-0.2, 0) is 4.74 Å². The maximum absolute atomic E-state index is 11.2. The molecule has 0 fully saturated rings. The number of anilines is 2. The first kappa shape index (κ1) is 13.6. The first-order valence-corrected chi connectivity index (χ1v) is 4.96. The van der Waals surface area contributed by atoms with Gasteiger partial charge in [0.15, 0.2) is 0 Å². The Bertz CT molecular complexity index is 451. The van der Waals surface area contributed by atoms with Crippen molar-refractivity contribution in [2.45, 2.75) is 0 Å². The number of hydrogen-bond acceptors (Lipinski definition) is 7. The van der Waals surface area contributed by atoms with Crippen LogP contribution >= 0.6 is 0 Å². The van der Waals surface area contributed by atoms with E-state index in [9.17, 15) is 14.9 Å². The molecule has 0 bridgehead atoms. The summed E-state index contributed by atoms with van der Waals surface area (Å²) in [6.07, 6.45) is -0.781. The van der Waals surface area contributed by atoms with Crippen molar-refractivity contribution in [3.05, 3.63) is 22.2 Å². The minimum Gasteiger partial charge on any atom is -0.447 e. The van der Waals surface area contributed by atoms with Crippen molar-refractivity contribution < 1.29 is 19.6 Å². The number of nitrogens with one attached hydrogen (secondary N) is 2. The van der Waals surface area contributed by atoms with Crippen molar-refractivity contribution in [3.63, 3.8) is 0 Å². The summed E-state index contributed by atoms with van der Waals surface area (Å²) in [5, 5.41) is 24.0. The van der Waals surface area contributed by atoms with Crippen LogP contribution in [0.1, 0.15) is 0 Å². The van der Waals surface area contributed by atoms with E-state index < -0.39 is 11.0 Å². The van der Waals surface area contributed by atoms with Gasteiger partial charge in [-0.3, -0.25) is 5.32 Å². The fourth-order valence-electron chi connectivity index (χ4n) is 1.13. The summed E-state index contributed by atoms with van der Waals surface area (Å²) in [6, 6.07) is 2.49. The molecule has 1 aromatic heterocycles. The zero-order valence-corrected chi connectivity index (χ0v) is 9.54. The summed E-state index contributed by atoms with van der Waals surface area (Å²) in [7, 11) is 1.51. The van der Waals surface area contributed by atoms with Crippen LogP contribution in [0.15, 0.2) is 12.1 Å². The van der Waals surface area contributed by atoms with Crippen molar-refractivity contribution in [1.29, 1.82) is 0 Å². The number of carbonyl (C=O) groups excluding carboxylic acids is 1. The van der Waals surface area contributed by atoms with Crippen molar-refractivity contribution >= 4 is 23.4 Å². The quantitative estimate of drug-likeness (QED) is 0.519. The van der Waals surface area contributed by atoms with Gasteiger partial charge in [0.05, 0.1) is 6.61 Å². The Hall–Kier alpha value is -2.42. The third-order valence-electron chi connectivity index (χ3n) is 1.87. The zero-order chi connectivity index (χ0) is 13.5. The molecule has 0 saturated heterocycles. The van der Waals surface area contributed by atoms with E-state index in [1.807, 2.05) is 0 Å². The molecule has 3 N–H and O–H groups in total. The molecule has 0 aliphatic carbocycles. The van der Waals surface area contributed by atoms with Crippen molar-refractivity contribution in [3.8, 4) is 0 Å². The number of carbonyl (C=O) groups is 1. The third-order valence-corrected chi connectivity index (χ3v) is 1.87. The molecule has 98 valence electrons. The number of pyridine rings is 1. The van der Waals surface area contributed by atoms with Gasteiger partial charge < -0.3 is 25.3 Å². The van der Waals surface area contributed by atoms with Crippen LogP contribution in [0.4, 0.5) is 22.1 Å². The van der Waals surface area contributed by atoms with Crippen molar-refractivity contribution in [1.82, 2.24) is 4.98 Å². The second-order valence-electron chi connectivity index (χ2n) is 3.06. The number of rotatable bonds is 5. The van der Waals surface area contributed by atoms with E-state index >= 15 is 0 Å². The van der Waals surface area contributed by atoms with Crippen LogP contribution in [0.5, 0.6) is 0 Å². The van der Waals surface area contributed by atoms with Gasteiger partial charge in [0.25, 0.3) is 5.82 Å². The Morgan fingerprint density at radius 1 is 1.61 bits per heavy atom. The molecule has 18 heavy (non-hydrogen) atoms. The molecule has 1 amide bonds. The number of aromatic nitrogens is 1. The average Bonchev–Trinajstić information content (AvgIpc) is 2.36. The first-order valence-electron chi connectivity index (χ1n) is 4.96. The van der Waals surface area contributed by atoms with E-state index in [4.69, 9.17) is 5.11 Å². The lowest BCUT2D eigenvalue weighted by Gasteiger charge is -2.07. The molecule has 0 radical (unpaired) electrons. The van der Waals surface area contributed by atoms with Crippen LogP contribution in [0.3, 0.4) is 0 Å². The lowest BCUT2D eigenvalue weighted by molar-refractivity contribution is -0.389. The summed E-state index contributed by atoms with van der Waals surface area (Å²) in [6.45, 7) is -0.425. The van der Waals surface area contributed by atoms with Crippen LogP contribution in [0.25, 0.3) is 0 Å². The molecule has 9 heteroatoms. The molecule has 1 rings (SSSR count). The van der Waals surface area contributed by atoms with E-state index in [-0.39, 0.29) is 30.5 Å². The lowest BCUT2D eigenvalue weighted by Crippen LogP contribution is -2.17. The van der Waals surface area contributed by atoms with Gasteiger partial charge in [-0.25, -0.2) is 4.79 Å². The Labute approximate surface area is 102 Å². The van der Waals surface area contributed by atoms with E-state index in [2.05, 4.69) is 20.4 Å². The highest BCUT2D eigenvalue weighted by Crippen LogP contribution is 2.22. The fourth-order valence-corrected chi connectivity index (χ4v) is 1.13. The standard InChI is InChI=1S/C9H12N4O5/c1-10-8-6(11-9(15)18-5-4-14)2-3-7(12-8)13(16)17/h2-3,14H,4-5H2,1H3,(H,10,12)(H,11,15). The van der Waals surface area contributed by atoms with Crippen molar-refractivity contribution in [2.75, 3.05) is 30.9 Å². The van der Waals surface area contributed by atoms with Crippen LogP contribution in [-0.4, -0.2) is 41.4 Å². The second kappa shape index (κ2) is 6.35. The van der Waals surface area contributed by atoms with Gasteiger partial charge in [0.2, 0.25) is 0 Å². The van der Waals surface area contributed by atoms with Gasteiger partial charge >= 0.3 is 11.9 Å². The van der Waals surface area contributed by atoms with Gasteiger partial charge in [0.1, 0.15) is 12.3 Å². The normalized spacial score (nSPS) is 9.67. The Balaban J connectivity index is 2.82. The zero-order valence-electron chi connectivity index (χ0n) is 9.54. The summed E-state index contributed by atoms with van der Waals surface area (Å²) in [5.41, 5.74) is 0.242. The van der Waals surface area contributed by atoms with E-state index in [1.165, 1.54) is 13.1 Å². The Morgan fingerprint density at radius 3 is 2.89 bits per heavy atom. The minimum atomic E-state index is -0.781. The number of aliphatic hydroxyl groups is 1. The number of hydrogen-bond donors (Lipinski definition) is 3. The molecule has 0 aromatic carbocycles. The number of ether oxygens (including phenoxy) is 1. The summed E-state index contributed by atoms with van der Waals surface area (Å²) >= 11 is 0. The molecule has 0 atom stereocenters. The monoisotopic (exact) mass is 256 g/mol. The molecule has 9 nitrogen and oxygen atoms in total. The number of nitrogens with zero attached hydrogens (tertiary/aromatic N) is 2. The number of amides is 1. The van der Waals surface area contributed by atoms with Gasteiger partial charge in [-0.1, -0.05) is 0 Å². The van der Waals surface area contributed by atoms with Crippen molar-refractivity contribution in [2.24, 2.45) is 0 Å². The molecule has 1 aromatic rings. The summed E-state index contributed by atoms with van der Waals surface area (Å²) in [5.74, 6) is -0.196. The van der Waals surface area contributed by atoms with Gasteiger partial charge in [-0.15, -0.1) is 0 Å². The Kier molecular flexibility index (Phi) is 4.81. The van der Waals surface area contributed by atoms with E-state index in [1.54, 1.807) is 0 Å². The first-order chi connectivity index (χ1) is 8.58. The minimum absolute atomic E-state index is 0.138. The highest BCUT2D eigenvalue weighted by Gasteiger charge is 2.16. The average molecular weight is 256 g/mol. The van der Waals surface area contributed by atoms with Gasteiger partial charge in [0, 0.05) is 13.1 Å². The van der Waals surface area contributed by atoms with Gasteiger partial charge in [-0.2, -0.15) is 0 Å². The number of aliphatic hydroxyl groups excluding tert-OH is 1. The molecule has 0 unspecified atom stereocenters. The Morgan fingerprint density at radius 2 is 2.33 bits per heavy atom. The fraction of sp³-hybridized carbons (Fsp3) is 0.333. The molecule has 0 aliphatic heterocycles. The van der Waals surface area contributed by atoms with E-state index in [0.717, 1.165) is 6.07 Å². The molecule has 0 aliphatic rings. The van der Waals surface area contributed by atoms with Crippen LogP contribution < -0.4 is 10.6 Å². The lowest BCUT2D eigenvalue weighted by atomic mass is 10.3. The molecular formula is C9H12N4O5. The molecule has 0 spiro atoms. The number of nitro groups is 1. The highest BCUT2D eigenvalue weighted by atomic mass is 16.6. The molecule has 0 saturated carbocycles. The van der Waals surface area contributed by atoms with Crippen LogP contribution in [0.2, 0.25) is 0 Å². The smallest absolute Gasteiger partial charge is 0.411 e. The molecular weight excluding hydrogens is 244 g/mol. The summed E-state index contributed by atoms with van der Waals surface area (Å²) < 4.78 is 4.58. The highest BCUT2D eigenvalue weighted by molar-refractivity contribution is 5.88.